The van der Waals surface area contributed by atoms with E-state index in [4.69, 9.17) is 0 Å². The number of aryl methyl sites for hydroxylation is 1. The molecular weight excluding hydrogens is 264 g/mol. The molecule has 98 valence electrons. The average Bonchev–Trinajstić information content (AvgIpc) is 3.05. The van der Waals surface area contributed by atoms with Gasteiger partial charge in [-0.1, -0.05) is 24.3 Å². The van der Waals surface area contributed by atoms with Crippen LogP contribution < -0.4 is 4.90 Å². The van der Waals surface area contributed by atoms with Crippen molar-refractivity contribution in [2.45, 2.75) is 32.9 Å². The van der Waals surface area contributed by atoms with Crippen LogP contribution in [0.25, 0.3) is 0 Å². The van der Waals surface area contributed by atoms with Crippen LogP contribution in [0.15, 0.2) is 17.5 Å². The van der Waals surface area contributed by atoms with Crippen LogP contribution in [-0.2, 0) is 13.0 Å². The molecule has 0 spiro atoms. The molecule has 1 unspecified atom stereocenters. The summed E-state index contributed by atoms with van der Waals surface area (Å²) in [6.07, 6.45) is 0.869. The summed E-state index contributed by atoms with van der Waals surface area (Å²) in [6, 6.07) is 4.53. The van der Waals surface area contributed by atoms with Gasteiger partial charge in [0, 0.05) is 11.9 Å². The molecule has 2 heterocycles. The van der Waals surface area contributed by atoms with Gasteiger partial charge in [-0.25, -0.2) is 4.98 Å². The number of aliphatic hydroxyl groups is 1. The zero-order valence-electron chi connectivity index (χ0n) is 10.9. The standard InChI is InChI=1S/C13H18N2OS2/c1-4-10-12(8-16)18-13(14-10)15(3)9(2)11-6-5-7-17-11/h5-7,9,16H,4,8H2,1-3H3. The first-order chi connectivity index (χ1) is 8.67. The number of anilines is 1. The minimum absolute atomic E-state index is 0.0854. The van der Waals surface area contributed by atoms with E-state index >= 15 is 0 Å². The topological polar surface area (TPSA) is 36.4 Å². The maximum atomic E-state index is 9.32. The van der Waals surface area contributed by atoms with Gasteiger partial charge in [0.15, 0.2) is 5.13 Å². The first-order valence-corrected chi connectivity index (χ1v) is 7.72. The third-order valence-corrected chi connectivity index (χ3v) is 5.30. The lowest BCUT2D eigenvalue weighted by molar-refractivity contribution is 0.284. The number of thiazole rings is 1. The molecule has 2 rings (SSSR count). The second-order valence-corrected chi connectivity index (χ2v) is 6.22. The predicted octanol–water partition coefficient (Wildman–Crippen LogP) is 3.46. The van der Waals surface area contributed by atoms with Crippen molar-refractivity contribution in [3.05, 3.63) is 33.0 Å². The zero-order valence-corrected chi connectivity index (χ0v) is 12.5. The van der Waals surface area contributed by atoms with Gasteiger partial charge < -0.3 is 10.0 Å². The fourth-order valence-electron chi connectivity index (χ4n) is 1.81. The fraction of sp³-hybridized carbons (Fsp3) is 0.462. The van der Waals surface area contributed by atoms with Crippen molar-refractivity contribution in [3.63, 3.8) is 0 Å². The normalized spacial score (nSPS) is 12.7. The largest absolute Gasteiger partial charge is 0.391 e. The lowest BCUT2D eigenvalue weighted by Crippen LogP contribution is -2.20. The molecule has 0 fully saturated rings. The molecule has 18 heavy (non-hydrogen) atoms. The molecular formula is C13H18N2OS2. The van der Waals surface area contributed by atoms with Crippen molar-refractivity contribution in [1.82, 2.24) is 4.98 Å². The molecule has 0 radical (unpaired) electrons. The summed E-state index contributed by atoms with van der Waals surface area (Å²) >= 11 is 3.35. The highest BCUT2D eigenvalue weighted by Gasteiger charge is 2.18. The monoisotopic (exact) mass is 282 g/mol. The maximum absolute atomic E-state index is 9.32. The van der Waals surface area contributed by atoms with Crippen LogP contribution in [0.3, 0.4) is 0 Å². The van der Waals surface area contributed by atoms with Crippen molar-refractivity contribution < 1.29 is 5.11 Å². The van der Waals surface area contributed by atoms with Gasteiger partial charge >= 0.3 is 0 Å². The predicted molar refractivity (Wildman–Crippen MR) is 78.6 cm³/mol. The maximum Gasteiger partial charge on any atom is 0.186 e. The van der Waals surface area contributed by atoms with Crippen LogP contribution in [0.1, 0.15) is 35.3 Å². The Morgan fingerprint density at radius 3 is 2.78 bits per heavy atom. The van der Waals surface area contributed by atoms with Crippen molar-refractivity contribution in [3.8, 4) is 0 Å². The second-order valence-electron chi connectivity index (χ2n) is 4.18. The summed E-state index contributed by atoms with van der Waals surface area (Å²) in [4.78, 5) is 9.11. The van der Waals surface area contributed by atoms with Gasteiger partial charge in [-0.05, 0) is 24.8 Å². The van der Waals surface area contributed by atoms with E-state index in [0.717, 1.165) is 22.1 Å². The Morgan fingerprint density at radius 2 is 2.28 bits per heavy atom. The highest BCUT2D eigenvalue weighted by Crippen LogP contribution is 2.32. The molecule has 2 aromatic heterocycles. The van der Waals surface area contributed by atoms with E-state index in [2.05, 4.69) is 48.3 Å². The Labute approximate surface area is 116 Å². The van der Waals surface area contributed by atoms with Gasteiger partial charge in [0.25, 0.3) is 0 Å². The summed E-state index contributed by atoms with van der Waals surface area (Å²) in [5, 5.41) is 12.4. The van der Waals surface area contributed by atoms with Crippen LogP contribution in [-0.4, -0.2) is 17.1 Å². The van der Waals surface area contributed by atoms with E-state index < -0.39 is 0 Å². The van der Waals surface area contributed by atoms with Gasteiger partial charge in [0.05, 0.1) is 23.2 Å². The molecule has 0 aliphatic rings. The van der Waals surface area contributed by atoms with Crippen molar-refractivity contribution in [2.24, 2.45) is 0 Å². The van der Waals surface area contributed by atoms with E-state index in [1.54, 1.807) is 22.7 Å². The number of hydrogen-bond acceptors (Lipinski definition) is 5. The van der Waals surface area contributed by atoms with Crippen molar-refractivity contribution in [1.29, 1.82) is 0 Å². The Kier molecular flexibility index (Phi) is 4.37. The summed E-state index contributed by atoms with van der Waals surface area (Å²) in [7, 11) is 2.06. The van der Waals surface area contributed by atoms with E-state index in [9.17, 15) is 5.11 Å². The summed E-state index contributed by atoms with van der Waals surface area (Å²) in [5.74, 6) is 0. The van der Waals surface area contributed by atoms with Crippen LogP contribution in [0.5, 0.6) is 0 Å². The van der Waals surface area contributed by atoms with E-state index in [1.807, 2.05) is 0 Å². The lowest BCUT2D eigenvalue weighted by Gasteiger charge is -2.23. The molecule has 0 aliphatic carbocycles. The molecule has 5 heteroatoms. The summed E-state index contributed by atoms with van der Waals surface area (Å²) in [6.45, 7) is 4.33. The molecule has 0 aromatic carbocycles. The zero-order chi connectivity index (χ0) is 13.1. The lowest BCUT2D eigenvalue weighted by atomic mass is 10.2. The van der Waals surface area contributed by atoms with Gasteiger partial charge in [0.2, 0.25) is 0 Å². The van der Waals surface area contributed by atoms with Crippen LogP contribution in [0.4, 0.5) is 5.13 Å². The van der Waals surface area contributed by atoms with Crippen molar-refractivity contribution in [2.75, 3.05) is 11.9 Å². The fourth-order valence-corrected chi connectivity index (χ4v) is 3.68. The third kappa shape index (κ3) is 2.58. The highest BCUT2D eigenvalue weighted by atomic mass is 32.1. The molecule has 3 nitrogen and oxygen atoms in total. The molecule has 2 aromatic rings. The minimum atomic E-state index is 0.0854. The quantitative estimate of drug-likeness (QED) is 0.912. The van der Waals surface area contributed by atoms with Gasteiger partial charge in [0.1, 0.15) is 0 Å². The molecule has 0 saturated heterocycles. The third-order valence-electron chi connectivity index (χ3n) is 3.08. The molecule has 1 atom stereocenters. The number of nitrogens with zero attached hydrogens (tertiary/aromatic N) is 2. The highest BCUT2D eigenvalue weighted by molar-refractivity contribution is 7.15. The Bertz CT molecular complexity index is 472. The summed E-state index contributed by atoms with van der Waals surface area (Å²) < 4.78 is 0. The van der Waals surface area contributed by atoms with E-state index in [-0.39, 0.29) is 6.61 Å². The molecule has 0 amide bonds. The first kappa shape index (κ1) is 13.5. The SMILES string of the molecule is CCc1nc(N(C)C(C)c2cccs2)sc1CO. The van der Waals surface area contributed by atoms with Gasteiger partial charge in [-0.2, -0.15) is 0 Å². The number of thiophene rings is 1. The smallest absolute Gasteiger partial charge is 0.186 e. The second kappa shape index (κ2) is 5.82. The van der Waals surface area contributed by atoms with E-state index in [1.165, 1.54) is 4.88 Å². The van der Waals surface area contributed by atoms with Crippen LogP contribution in [0.2, 0.25) is 0 Å². The number of aromatic nitrogens is 1. The van der Waals surface area contributed by atoms with Gasteiger partial charge in [-0.3, -0.25) is 0 Å². The first-order valence-electron chi connectivity index (χ1n) is 6.03. The summed E-state index contributed by atoms with van der Waals surface area (Å²) in [5.41, 5.74) is 1.02. The van der Waals surface area contributed by atoms with Crippen LogP contribution in [0, 0.1) is 0 Å². The molecule has 1 N–H and O–H groups in total. The Hall–Kier alpha value is -0.910. The van der Waals surface area contributed by atoms with Crippen molar-refractivity contribution >= 4 is 27.8 Å². The number of rotatable bonds is 5. The van der Waals surface area contributed by atoms with Crippen LogP contribution >= 0.6 is 22.7 Å². The molecule has 0 saturated carbocycles. The van der Waals surface area contributed by atoms with Gasteiger partial charge in [-0.15, -0.1) is 11.3 Å². The Balaban J connectivity index is 2.23. The number of aliphatic hydroxyl groups excluding tert-OH is 1. The minimum Gasteiger partial charge on any atom is -0.391 e. The van der Waals surface area contributed by atoms with E-state index in [0.29, 0.717) is 6.04 Å². The average molecular weight is 282 g/mol. The molecule has 0 bridgehead atoms. The number of hydrogen-bond donors (Lipinski definition) is 1. The molecule has 0 aliphatic heterocycles. The Morgan fingerprint density at radius 1 is 1.50 bits per heavy atom.